The molecule has 0 atom stereocenters. The van der Waals surface area contributed by atoms with Gasteiger partial charge in [0.2, 0.25) is 5.95 Å². The Labute approximate surface area is 112 Å². The van der Waals surface area contributed by atoms with E-state index < -0.39 is 0 Å². The first-order valence-electron chi connectivity index (χ1n) is 6.07. The van der Waals surface area contributed by atoms with Crippen LogP contribution in [0.5, 0.6) is 5.75 Å². The lowest BCUT2D eigenvalue weighted by atomic mass is 10.1. The van der Waals surface area contributed by atoms with Crippen molar-refractivity contribution in [2.24, 2.45) is 0 Å². The minimum absolute atomic E-state index is 0.281. The van der Waals surface area contributed by atoms with Crippen molar-refractivity contribution in [2.75, 3.05) is 18.2 Å². The van der Waals surface area contributed by atoms with Crippen LogP contribution in [0.25, 0.3) is 0 Å². The van der Waals surface area contributed by atoms with Gasteiger partial charge in [0.15, 0.2) is 0 Å². The molecule has 2 aromatic rings. The number of aryl methyl sites for hydroxylation is 2. The number of nitrogens with one attached hydrogen (secondary N) is 1. The SMILES string of the molecule is COc1cc(CNc2cc(C)nc(N)n2)ccc1C. The van der Waals surface area contributed by atoms with E-state index in [2.05, 4.69) is 21.4 Å². The molecular weight excluding hydrogens is 240 g/mol. The summed E-state index contributed by atoms with van der Waals surface area (Å²) in [5.74, 6) is 1.89. The largest absolute Gasteiger partial charge is 0.496 e. The predicted molar refractivity (Wildman–Crippen MR) is 76.2 cm³/mol. The number of nitrogens with two attached hydrogens (primary N) is 1. The number of benzene rings is 1. The van der Waals surface area contributed by atoms with E-state index in [4.69, 9.17) is 10.5 Å². The van der Waals surface area contributed by atoms with Crippen molar-refractivity contribution in [2.45, 2.75) is 20.4 Å². The van der Waals surface area contributed by atoms with E-state index in [1.165, 1.54) is 0 Å². The Morgan fingerprint density at radius 1 is 1.21 bits per heavy atom. The maximum absolute atomic E-state index is 5.61. The molecule has 0 amide bonds. The molecule has 1 heterocycles. The van der Waals surface area contributed by atoms with Gasteiger partial charge in [0, 0.05) is 18.3 Å². The molecule has 3 N–H and O–H groups in total. The number of rotatable bonds is 4. The number of hydrogen-bond donors (Lipinski definition) is 2. The van der Waals surface area contributed by atoms with Crippen molar-refractivity contribution in [1.82, 2.24) is 9.97 Å². The highest BCUT2D eigenvalue weighted by Gasteiger charge is 2.02. The van der Waals surface area contributed by atoms with Crippen molar-refractivity contribution < 1.29 is 4.74 Å². The summed E-state index contributed by atoms with van der Waals surface area (Å²) in [5.41, 5.74) is 8.70. The van der Waals surface area contributed by atoms with Gasteiger partial charge < -0.3 is 15.8 Å². The predicted octanol–water partition coefficient (Wildman–Crippen LogP) is 2.30. The third kappa shape index (κ3) is 3.34. The molecule has 1 aromatic heterocycles. The van der Waals surface area contributed by atoms with E-state index in [0.717, 1.165) is 28.4 Å². The molecule has 5 heteroatoms. The fourth-order valence-corrected chi connectivity index (χ4v) is 1.85. The van der Waals surface area contributed by atoms with Crippen molar-refractivity contribution in [3.63, 3.8) is 0 Å². The third-order valence-corrected chi connectivity index (χ3v) is 2.82. The molecule has 0 radical (unpaired) electrons. The summed E-state index contributed by atoms with van der Waals surface area (Å²) in [7, 11) is 1.67. The van der Waals surface area contributed by atoms with Crippen LogP contribution in [-0.4, -0.2) is 17.1 Å². The number of nitrogens with zero attached hydrogens (tertiary/aromatic N) is 2. The topological polar surface area (TPSA) is 73.1 Å². The number of aromatic nitrogens is 2. The van der Waals surface area contributed by atoms with E-state index in [1.807, 2.05) is 32.0 Å². The van der Waals surface area contributed by atoms with Crippen LogP contribution in [-0.2, 0) is 6.54 Å². The van der Waals surface area contributed by atoms with Crippen molar-refractivity contribution >= 4 is 11.8 Å². The minimum Gasteiger partial charge on any atom is -0.496 e. The fourth-order valence-electron chi connectivity index (χ4n) is 1.85. The molecule has 5 nitrogen and oxygen atoms in total. The van der Waals surface area contributed by atoms with Crippen LogP contribution in [0.2, 0.25) is 0 Å². The molecule has 0 aliphatic carbocycles. The summed E-state index contributed by atoms with van der Waals surface area (Å²) < 4.78 is 5.30. The van der Waals surface area contributed by atoms with E-state index >= 15 is 0 Å². The highest BCUT2D eigenvalue weighted by molar-refractivity contribution is 5.42. The van der Waals surface area contributed by atoms with Gasteiger partial charge in [-0.3, -0.25) is 0 Å². The van der Waals surface area contributed by atoms with Crippen molar-refractivity contribution in [3.05, 3.63) is 41.1 Å². The van der Waals surface area contributed by atoms with Gasteiger partial charge in [0.25, 0.3) is 0 Å². The Bertz CT molecular complexity index is 563. The second kappa shape index (κ2) is 5.56. The van der Waals surface area contributed by atoms with Gasteiger partial charge in [0.05, 0.1) is 7.11 Å². The van der Waals surface area contributed by atoms with Gasteiger partial charge in [-0.15, -0.1) is 0 Å². The van der Waals surface area contributed by atoms with Gasteiger partial charge >= 0.3 is 0 Å². The van der Waals surface area contributed by atoms with Gasteiger partial charge in [-0.25, -0.2) is 4.98 Å². The smallest absolute Gasteiger partial charge is 0.222 e. The summed E-state index contributed by atoms with van der Waals surface area (Å²) in [4.78, 5) is 8.17. The zero-order valence-corrected chi connectivity index (χ0v) is 11.4. The second-order valence-electron chi connectivity index (χ2n) is 4.41. The summed E-state index contributed by atoms with van der Waals surface area (Å²) in [5, 5.41) is 3.23. The number of anilines is 2. The van der Waals surface area contributed by atoms with Gasteiger partial charge in [-0.1, -0.05) is 12.1 Å². The third-order valence-electron chi connectivity index (χ3n) is 2.82. The van der Waals surface area contributed by atoms with E-state index in [9.17, 15) is 0 Å². The molecule has 0 bridgehead atoms. The lowest BCUT2D eigenvalue weighted by molar-refractivity contribution is 0.411. The number of hydrogen-bond acceptors (Lipinski definition) is 5. The first kappa shape index (κ1) is 13.1. The second-order valence-corrected chi connectivity index (χ2v) is 4.41. The summed E-state index contributed by atoms with van der Waals surface area (Å²) in [6.45, 7) is 4.56. The lowest BCUT2D eigenvalue weighted by Crippen LogP contribution is -2.05. The quantitative estimate of drug-likeness (QED) is 0.880. The highest BCUT2D eigenvalue weighted by atomic mass is 16.5. The zero-order valence-electron chi connectivity index (χ0n) is 11.4. The summed E-state index contributed by atoms with van der Waals surface area (Å²) in [6, 6.07) is 7.97. The Kier molecular flexibility index (Phi) is 3.85. The molecule has 0 unspecified atom stereocenters. The van der Waals surface area contributed by atoms with E-state index in [1.54, 1.807) is 7.11 Å². The Balaban J connectivity index is 2.10. The molecular formula is C14H18N4O. The average molecular weight is 258 g/mol. The molecule has 0 saturated carbocycles. The van der Waals surface area contributed by atoms with Gasteiger partial charge in [-0.2, -0.15) is 4.98 Å². The van der Waals surface area contributed by atoms with Crippen LogP contribution in [0.15, 0.2) is 24.3 Å². The van der Waals surface area contributed by atoms with E-state index in [-0.39, 0.29) is 5.95 Å². The molecule has 0 aliphatic rings. The molecule has 100 valence electrons. The van der Waals surface area contributed by atoms with Crippen LogP contribution in [0, 0.1) is 13.8 Å². The van der Waals surface area contributed by atoms with Gasteiger partial charge in [-0.05, 0) is 31.0 Å². The van der Waals surface area contributed by atoms with Crippen LogP contribution < -0.4 is 15.8 Å². The molecule has 0 spiro atoms. The fraction of sp³-hybridized carbons (Fsp3) is 0.286. The monoisotopic (exact) mass is 258 g/mol. The van der Waals surface area contributed by atoms with Crippen LogP contribution in [0.1, 0.15) is 16.8 Å². The number of methoxy groups -OCH3 is 1. The number of nitrogen functional groups attached to an aromatic ring is 1. The maximum Gasteiger partial charge on any atom is 0.222 e. The van der Waals surface area contributed by atoms with Crippen molar-refractivity contribution in [3.8, 4) is 5.75 Å². The molecule has 2 rings (SSSR count). The molecule has 1 aromatic carbocycles. The van der Waals surface area contributed by atoms with Gasteiger partial charge in [0.1, 0.15) is 11.6 Å². The summed E-state index contributed by atoms with van der Waals surface area (Å²) in [6.07, 6.45) is 0. The number of ether oxygens (including phenoxy) is 1. The molecule has 19 heavy (non-hydrogen) atoms. The van der Waals surface area contributed by atoms with Crippen LogP contribution >= 0.6 is 0 Å². The Morgan fingerprint density at radius 2 is 2.00 bits per heavy atom. The normalized spacial score (nSPS) is 10.3. The highest BCUT2D eigenvalue weighted by Crippen LogP contribution is 2.19. The lowest BCUT2D eigenvalue weighted by Gasteiger charge is -2.10. The van der Waals surface area contributed by atoms with E-state index in [0.29, 0.717) is 6.54 Å². The summed E-state index contributed by atoms with van der Waals surface area (Å²) >= 11 is 0. The zero-order chi connectivity index (χ0) is 13.8. The first-order chi connectivity index (χ1) is 9.08. The maximum atomic E-state index is 5.61. The standard InChI is InChI=1S/C14H18N4O/c1-9-4-5-11(7-12(9)19-3)8-16-13-6-10(2)17-14(15)18-13/h4-7H,8H2,1-3H3,(H3,15,16,17,18). The minimum atomic E-state index is 0.281. The van der Waals surface area contributed by atoms with Crippen LogP contribution in [0.4, 0.5) is 11.8 Å². The molecule has 0 fully saturated rings. The Morgan fingerprint density at radius 3 is 2.68 bits per heavy atom. The molecule has 0 aliphatic heterocycles. The molecule has 0 saturated heterocycles. The van der Waals surface area contributed by atoms with Crippen LogP contribution in [0.3, 0.4) is 0 Å². The average Bonchev–Trinajstić information content (AvgIpc) is 2.36. The Hall–Kier alpha value is -2.30. The first-order valence-corrected chi connectivity index (χ1v) is 6.07. The van der Waals surface area contributed by atoms with Crippen molar-refractivity contribution in [1.29, 1.82) is 0 Å².